The molecule has 0 aromatic heterocycles. The summed E-state index contributed by atoms with van der Waals surface area (Å²) in [7, 11) is -0.311. The van der Waals surface area contributed by atoms with Crippen LogP contribution >= 0.6 is 0 Å². The van der Waals surface area contributed by atoms with Crippen molar-refractivity contribution in [2.45, 2.75) is 50.1 Å². The summed E-state index contributed by atoms with van der Waals surface area (Å²) in [5, 5.41) is 3.42. The predicted octanol–water partition coefficient (Wildman–Crippen LogP) is 2.53. The van der Waals surface area contributed by atoms with Crippen molar-refractivity contribution in [1.29, 1.82) is 0 Å². The zero-order valence-electron chi connectivity index (χ0n) is 13.7. The fourth-order valence-corrected chi connectivity index (χ4v) is 4.97. The Morgan fingerprint density at radius 2 is 1.86 bits per heavy atom. The van der Waals surface area contributed by atoms with Gasteiger partial charge in [-0.3, -0.25) is 0 Å². The van der Waals surface area contributed by atoms with E-state index >= 15 is 0 Å². The predicted molar refractivity (Wildman–Crippen MR) is 86.4 cm³/mol. The number of hydrogen-bond acceptors (Lipinski definition) is 5. The summed E-state index contributed by atoms with van der Waals surface area (Å²) in [6, 6.07) is 3.33. The van der Waals surface area contributed by atoms with Gasteiger partial charge in [-0.15, -0.1) is 0 Å². The van der Waals surface area contributed by atoms with Crippen LogP contribution in [0.4, 0.5) is 0 Å². The van der Waals surface area contributed by atoms with Crippen LogP contribution in [-0.2, 0) is 16.4 Å². The van der Waals surface area contributed by atoms with E-state index in [0.717, 1.165) is 24.8 Å². The van der Waals surface area contributed by atoms with E-state index in [0.29, 0.717) is 22.9 Å². The number of unbranched alkanes of at least 4 members (excludes halogenated alkanes) is 1. The van der Waals surface area contributed by atoms with Gasteiger partial charge in [-0.1, -0.05) is 19.8 Å². The van der Waals surface area contributed by atoms with Crippen LogP contribution in [0.25, 0.3) is 0 Å². The standard InChI is InChI=1S/C16H25NO4S/c1-5-6-7-16(2)11-22(18,19)15-9-14(21-4)13(20-3)8-12(15)10-17-16/h8-9,17H,5-7,10-11H2,1-4H3/t16-/m1/s1. The molecule has 2 rings (SSSR count). The molecule has 1 atom stereocenters. The molecule has 5 nitrogen and oxygen atoms in total. The number of benzene rings is 1. The average Bonchev–Trinajstić information content (AvgIpc) is 2.58. The second-order valence-corrected chi connectivity index (χ2v) is 8.05. The smallest absolute Gasteiger partial charge is 0.180 e. The Balaban J connectivity index is 2.46. The third-order valence-corrected chi connectivity index (χ3v) is 6.27. The van der Waals surface area contributed by atoms with E-state index in [1.54, 1.807) is 19.2 Å². The van der Waals surface area contributed by atoms with Crippen molar-refractivity contribution in [2.24, 2.45) is 0 Å². The normalized spacial score (nSPS) is 23.5. The minimum Gasteiger partial charge on any atom is -0.493 e. The lowest BCUT2D eigenvalue weighted by Gasteiger charge is -2.28. The van der Waals surface area contributed by atoms with Gasteiger partial charge in [-0.25, -0.2) is 8.42 Å². The van der Waals surface area contributed by atoms with E-state index < -0.39 is 15.4 Å². The first kappa shape index (κ1) is 17.1. The molecule has 0 saturated carbocycles. The summed E-state index contributed by atoms with van der Waals surface area (Å²) >= 11 is 0. The summed E-state index contributed by atoms with van der Waals surface area (Å²) in [5.41, 5.74) is 0.326. The second-order valence-electron chi connectivity index (χ2n) is 6.09. The molecule has 0 unspecified atom stereocenters. The molecule has 0 aliphatic carbocycles. The third-order valence-electron chi connectivity index (χ3n) is 4.20. The van der Waals surface area contributed by atoms with E-state index in [4.69, 9.17) is 9.47 Å². The van der Waals surface area contributed by atoms with Crippen molar-refractivity contribution in [1.82, 2.24) is 5.32 Å². The number of nitrogens with one attached hydrogen (secondary N) is 1. The molecular formula is C16H25NO4S. The van der Waals surface area contributed by atoms with Crippen molar-refractivity contribution in [3.8, 4) is 11.5 Å². The van der Waals surface area contributed by atoms with Gasteiger partial charge in [0.15, 0.2) is 21.3 Å². The van der Waals surface area contributed by atoms with E-state index in [1.165, 1.54) is 7.11 Å². The number of hydrogen-bond donors (Lipinski definition) is 1. The molecule has 0 fully saturated rings. The monoisotopic (exact) mass is 327 g/mol. The first-order valence-electron chi connectivity index (χ1n) is 7.58. The molecule has 124 valence electrons. The highest BCUT2D eigenvalue weighted by Gasteiger charge is 2.36. The summed E-state index contributed by atoms with van der Waals surface area (Å²) in [6.45, 7) is 4.61. The molecule has 1 heterocycles. The molecule has 0 radical (unpaired) electrons. The zero-order chi connectivity index (χ0) is 16.4. The van der Waals surface area contributed by atoms with E-state index in [-0.39, 0.29) is 5.75 Å². The SMILES string of the molecule is CCCC[C@]1(C)CS(=O)(=O)c2cc(OC)c(OC)cc2CN1. The Bertz CT molecular complexity index is 642. The van der Waals surface area contributed by atoms with Crippen LogP contribution in [0, 0.1) is 0 Å². The lowest BCUT2D eigenvalue weighted by Crippen LogP contribution is -2.45. The van der Waals surface area contributed by atoms with Crippen molar-refractivity contribution in [3.63, 3.8) is 0 Å². The van der Waals surface area contributed by atoms with Gasteiger partial charge in [0.25, 0.3) is 0 Å². The Morgan fingerprint density at radius 1 is 1.23 bits per heavy atom. The Hall–Kier alpha value is -1.27. The summed E-state index contributed by atoms with van der Waals surface area (Å²) in [5.74, 6) is 1.10. The van der Waals surface area contributed by atoms with E-state index in [1.807, 2.05) is 6.92 Å². The topological polar surface area (TPSA) is 64.6 Å². The fourth-order valence-electron chi connectivity index (χ4n) is 2.91. The van der Waals surface area contributed by atoms with Crippen LogP contribution in [-0.4, -0.2) is 33.9 Å². The minimum absolute atomic E-state index is 0.0997. The number of sulfone groups is 1. The molecule has 22 heavy (non-hydrogen) atoms. The maximum Gasteiger partial charge on any atom is 0.180 e. The lowest BCUT2D eigenvalue weighted by atomic mass is 9.97. The highest BCUT2D eigenvalue weighted by molar-refractivity contribution is 7.91. The van der Waals surface area contributed by atoms with Gasteiger partial charge in [0.05, 0.1) is 24.9 Å². The molecular weight excluding hydrogens is 302 g/mol. The number of rotatable bonds is 5. The molecule has 0 spiro atoms. The van der Waals surface area contributed by atoms with E-state index in [2.05, 4.69) is 12.2 Å². The molecule has 1 aliphatic rings. The first-order valence-corrected chi connectivity index (χ1v) is 9.23. The van der Waals surface area contributed by atoms with Crippen molar-refractivity contribution < 1.29 is 17.9 Å². The van der Waals surface area contributed by atoms with Crippen molar-refractivity contribution >= 4 is 9.84 Å². The quantitative estimate of drug-likeness (QED) is 0.900. The number of methoxy groups -OCH3 is 2. The van der Waals surface area contributed by atoms with Crippen LogP contribution in [0.15, 0.2) is 17.0 Å². The molecule has 0 bridgehead atoms. The first-order chi connectivity index (χ1) is 10.3. The van der Waals surface area contributed by atoms with Crippen LogP contribution < -0.4 is 14.8 Å². The highest BCUT2D eigenvalue weighted by atomic mass is 32.2. The maximum absolute atomic E-state index is 12.8. The summed E-state index contributed by atoms with van der Waals surface area (Å²) in [4.78, 5) is 0.345. The number of fused-ring (bicyclic) bond motifs is 1. The molecule has 0 amide bonds. The molecule has 1 N–H and O–H groups in total. The Kier molecular flexibility index (Phi) is 5.02. The maximum atomic E-state index is 12.8. The van der Waals surface area contributed by atoms with Crippen LogP contribution in [0.3, 0.4) is 0 Å². The molecule has 0 saturated heterocycles. The lowest BCUT2D eigenvalue weighted by molar-refractivity contribution is 0.348. The average molecular weight is 327 g/mol. The van der Waals surface area contributed by atoms with Crippen LogP contribution in [0.1, 0.15) is 38.7 Å². The van der Waals surface area contributed by atoms with E-state index in [9.17, 15) is 8.42 Å². The van der Waals surface area contributed by atoms with Gasteiger partial charge >= 0.3 is 0 Å². The van der Waals surface area contributed by atoms with Gasteiger partial charge < -0.3 is 14.8 Å². The van der Waals surface area contributed by atoms with Gasteiger partial charge in [0.2, 0.25) is 0 Å². The van der Waals surface area contributed by atoms with Crippen LogP contribution in [0.2, 0.25) is 0 Å². The van der Waals surface area contributed by atoms with Gasteiger partial charge in [-0.2, -0.15) is 0 Å². The molecule has 6 heteroatoms. The number of ether oxygens (including phenoxy) is 2. The van der Waals surface area contributed by atoms with Crippen LogP contribution in [0.5, 0.6) is 11.5 Å². The third kappa shape index (κ3) is 3.38. The van der Waals surface area contributed by atoms with Gasteiger partial charge in [-0.05, 0) is 25.0 Å². The Morgan fingerprint density at radius 3 is 2.45 bits per heavy atom. The molecule has 1 aliphatic heterocycles. The van der Waals surface area contributed by atoms with Gasteiger partial charge in [0, 0.05) is 18.2 Å². The second kappa shape index (κ2) is 6.46. The fraction of sp³-hybridized carbons (Fsp3) is 0.625. The van der Waals surface area contributed by atoms with Crippen molar-refractivity contribution in [2.75, 3.05) is 20.0 Å². The minimum atomic E-state index is -3.37. The zero-order valence-corrected chi connectivity index (χ0v) is 14.5. The Labute approximate surface area is 132 Å². The highest BCUT2D eigenvalue weighted by Crippen LogP contribution is 2.36. The summed E-state index contributed by atoms with van der Waals surface area (Å²) in [6.07, 6.45) is 2.89. The van der Waals surface area contributed by atoms with Gasteiger partial charge in [0.1, 0.15) is 0 Å². The largest absolute Gasteiger partial charge is 0.493 e. The van der Waals surface area contributed by atoms with Crippen molar-refractivity contribution in [3.05, 3.63) is 17.7 Å². The summed E-state index contributed by atoms with van der Waals surface area (Å²) < 4.78 is 36.1. The molecule has 1 aromatic carbocycles. The molecule has 1 aromatic rings.